The maximum absolute atomic E-state index is 11.7. The van der Waals surface area contributed by atoms with Gasteiger partial charge in [0.15, 0.2) is 0 Å². The first kappa shape index (κ1) is 15.6. The lowest BCUT2D eigenvalue weighted by molar-refractivity contribution is -0.116. The summed E-state index contributed by atoms with van der Waals surface area (Å²) < 4.78 is 1.92. The van der Waals surface area contributed by atoms with Gasteiger partial charge in [0.05, 0.1) is 10.0 Å². The number of carbonyl (C=O) groups is 1. The molecule has 110 valence electrons. The third kappa shape index (κ3) is 4.34. The van der Waals surface area contributed by atoms with E-state index >= 15 is 0 Å². The van der Waals surface area contributed by atoms with Crippen LogP contribution in [0.1, 0.15) is 11.4 Å². The van der Waals surface area contributed by atoms with Gasteiger partial charge in [0.25, 0.3) is 0 Å². The topological polar surface area (TPSA) is 46.9 Å². The van der Waals surface area contributed by atoms with E-state index < -0.39 is 0 Å². The molecule has 0 radical (unpaired) electrons. The molecular formula is C15H15Cl2N3O. The Morgan fingerprint density at radius 2 is 2.24 bits per heavy atom. The summed E-state index contributed by atoms with van der Waals surface area (Å²) in [5.74, 6) is 0.748. The minimum atomic E-state index is -0.180. The SMILES string of the molecule is Cn1ccnc1CCNC(=O)C=Cc1cccc(Cl)c1Cl. The molecule has 2 rings (SSSR count). The lowest BCUT2D eigenvalue weighted by atomic mass is 10.2. The number of hydrogen-bond donors (Lipinski definition) is 1. The fourth-order valence-corrected chi connectivity index (χ4v) is 2.18. The number of nitrogens with zero attached hydrogens (tertiary/aromatic N) is 2. The van der Waals surface area contributed by atoms with Gasteiger partial charge in [-0.25, -0.2) is 4.98 Å². The number of rotatable bonds is 5. The molecule has 1 heterocycles. The third-order valence-corrected chi connectivity index (χ3v) is 3.80. The zero-order valence-electron chi connectivity index (χ0n) is 11.5. The molecule has 2 aromatic rings. The number of nitrogens with one attached hydrogen (secondary N) is 1. The number of amides is 1. The van der Waals surface area contributed by atoms with E-state index in [9.17, 15) is 4.79 Å². The largest absolute Gasteiger partial charge is 0.352 e. The van der Waals surface area contributed by atoms with Gasteiger partial charge in [0, 0.05) is 38.5 Å². The third-order valence-electron chi connectivity index (χ3n) is 2.96. The fourth-order valence-electron chi connectivity index (χ4n) is 1.81. The Bertz CT molecular complexity index is 665. The van der Waals surface area contributed by atoms with Crippen LogP contribution in [0.4, 0.5) is 0 Å². The number of halogens is 2. The van der Waals surface area contributed by atoms with Crippen LogP contribution in [-0.2, 0) is 18.3 Å². The summed E-state index contributed by atoms with van der Waals surface area (Å²) in [6, 6.07) is 5.28. The Labute approximate surface area is 133 Å². The van der Waals surface area contributed by atoms with E-state index in [2.05, 4.69) is 10.3 Å². The standard InChI is InChI=1S/C15H15Cl2N3O/c1-20-10-9-18-13(20)7-8-19-14(21)6-5-11-3-2-4-12(16)15(11)17/h2-6,9-10H,7-8H2,1H3,(H,19,21). The van der Waals surface area contributed by atoms with Crippen LogP contribution >= 0.6 is 23.2 Å². The summed E-state index contributed by atoms with van der Waals surface area (Å²) >= 11 is 11.9. The van der Waals surface area contributed by atoms with E-state index in [1.165, 1.54) is 6.08 Å². The van der Waals surface area contributed by atoms with Gasteiger partial charge in [-0.3, -0.25) is 4.79 Å². The molecule has 4 nitrogen and oxygen atoms in total. The minimum absolute atomic E-state index is 0.180. The number of benzene rings is 1. The molecule has 0 unspecified atom stereocenters. The highest BCUT2D eigenvalue weighted by Crippen LogP contribution is 2.26. The predicted molar refractivity (Wildman–Crippen MR) is 85.4 cm³/mol. The summed E-state index contributed by atoms with van der Waals surface area (Å²) in [5.41, 5.74) is 0.711. The van der Waals surface area contributed by atoms with Crippen molar-refractivity contribution in [2.75, 3.05) is 6.54 Å². The van der Waals surface area contributed by atoms with Crippen molar-refractivity contribution in [2.45, 2.75) is 6.42 Å². The van der Waals surface area contributed by atoms with Gasteiger partial charge >= 0.3 is 0 Å². The predicted octanol–water partition coefficient (Wildman–Crippen LogP) is 3.10. The highest BCUT2D eigenvalue weighted by atomic mass is 35.5. The molecule has 1 N–H and O–H groups in total. The normalized spacial score (nSPS) is 11.0. The zero-order chi connectivity index (χ0) is 15.2. The Morgan fingerprint density at radius 3 is 2.95 bits per heavy atom. The lowest BCUT2D eigenvalue weighted by Gasteiger charge is -2.03. The molecule has 0 aliphatic carbocycles. The molecule has 0 spiro atoms. The first-order valence-corrected chi connectivity index (χ1v) is 7.19. The number of aryl methyl sites for hydroxylation is 1. The highest BCUT2D eigenvalue weighted by molar-refractivity contribution is 6.42. The Morgan fingerprint density at radius 1 is 1.43 bits per heavy atom. The van der Waals surface area contributed by atoms with Crippen molar-refractivity contribution in [3.05, 3.63) is 58.1 Å². The molecule has 0 aliphatic heterocycles. The molecule has 1 amide bonds. The maximum Gasteiger partial charge on any atom is 0.244 e. The number of aromatic nitrogens is 2. The number of hydrogen-bond acceptors (Lipinski definition) is 2. The molecule has 0 atom stereocenters. The molecule has 0 saturated heterocycles. The van der Waals surface area contributed by atoms with Gasteiger partial charge < -0.3 is 9.88 Å². The van der Waals surface area contributed by atoms with Gasteiger partial charge in [-0.15, -0.1) is 0 Å². The van der Waals surface area contributed by atoms with E-state index in [4.69, 9.17) is 23.2 Å². The van der Waals surface area contributed by atoms with Gasteiger partial charge in [-0.1, -0.05) is 35.3 Å². The Kier molecular flexibility index (Phi) is 5.42. The van der Waals surface area contributed by atoms with Crippen LogP contribution in [-0.4, -0.2) is 22.0 Å². The summed E-state index contributed by atoms with van der Waals surface area (Å²) in [5, 5.41) is 3.70. The van der Waals surface area contributed by atoms with E-state index in [0.717, 1.165) is 5.82 Å². The van der Waals surface area contributed by atoms with Gasteiger partial charge in [0.2, 0.25) is 5.91 Å². The van der Waals surface area contributed by atoms with Gasteiger partial charge in [-0.2, -0.15) is 0 Å². The van der Waals surface area contributed by atoms with Crippen LogP contribution in [0.25, 0.3) is 6.08 Å². The smallest absolute Gasteiger partial charge is 0.244 e. The fraction of sp³-hybridized carbons (Fsp3) is 0.200. The summed E-state index contributed by atoms with van der Waals surface area (Å²) in [7, 11) is 1.92. The summed E-state index contributed by atoms with van der Waals surface area (Å²) in [6.07, 6.45) is 7.37. The molecule has 1 aromatic carbocycles. The summed E-state index contributed by atoms with van der Waals surface area (Å²) in [6.45, 7) is 0.525. The van der Waals surface area contributed by atoms with Crippen molar-refractivity contribution in [3.63, 3.8) is 0 Å². The van der Waals surface area contributed by atoms with Crippen LogP contribution in [0.3, 0.4) is 0 Å². The molecular weight excluding hydrogens is 309 g/mol. The second kappa shape index (κ2) is 7.29. The van der Waals surface area contributed by atoms with E-state index in [0.29, 0.717) is 28.6 Å². The van der Waals surface area contributed by atoms with E-state index in [-0.39, 0.29) is 5.91 Å². The quantitative estimate of drug-likeness (QED) is 0.859. The number of carbonyl (C=O) groups excluding carboxylic acids is 1. The first-order valence-electron chi connectivity index (χ1n) is 6.44. The van der Waals surface area contributed by atoms with E-state index in [1.54, 1.807) is 30.5 Å². The van der Waals surface area contributed by atoms with Crippen LogP contribution in [0.2, 0.25) is 10.0 Å². The van der Waals surface area contributed by atoms with Crippen LogP contribution in [0, 0.1) is 0 Å². The minimum Gasteiger partial charge on any atom is -0.352 e. The maximum atomic E-state index is 11.7. The molecule has 0 aliphatic rings. The van der Waals surface area contributed by atoms with Crippen molar-refractivity contribution >= 4 is 35.2 Å². The Hall–Kier alpha value is -1.78. The monoisotopic (exact) mass is 323 g/mol. The first-order chi connectivity index (χ1) is 10.1. The molecule has 21 heavy (non-hydrogen) atoms. The molecule has 0 bridgehead atoms. The average molecular weight is 324 g/mol. The van der Waals surface area contributed by atoms with Crippen molar-refractivity contribution < 1.29 is 4.79 Å². The second-order valence-corrected chi connectivity index (χ2v) is 5.26. The molecule has 1 aromatic heterocycles. The van der Waals surface area contributed by atoms with Crippen molar-refractivity contribution in [3.8, 4) is 0 Å². The highest BCUT2D eigenvalue weighted by Gasteiger charge is 2.03. The van der Waals surface area contributed by atoms with Crippen LogP contribution < -0.4 is 5.32 Å². The van der Waals surface area contributed by atoms with Crippen molar-refractivity contribution in [1.82, 2.24) is 14.9 Å². The molecule has 0 saturated carbocycles. The van der Waals surface area contributed by atoms with Crippen LogP contribution in [0.5, 0.6) is 0 Å². The zero-order valence-corrected chi connectivity index (χ0v) is 13.0. The number of imidazole rings is 1. The van der Waals surface area contributed by atoms with E-state index in [1.807, 2.05) is 17.8 Å². The average Bonchev–Trinajstić information content (AvgIpc) is 2.86. The van der Waals surface area contributed by atoms with Crippen molar-refractivity contribution in [2.24, 2.45) is 7.05 Å². The van der Waals surface area contributed by atoms with Gasteiger partial charge in [0.1, 0.15) is 5.82 Å². The second-order valence-electron chi connectivity index (χ2n) is 4.47. The molecule has 6 heteroatoms. The van der Waals surface area contributed by atoms with Gasteiger partial charge in [-0.05, 0) is 17.7 Å². The summed E-state index contributed by atoms with van der Waals surface area (Å²) in [4.78, 5) is 15.9. The van der Waals surface area contributed by atoms with Crippen molar-refractivity contribution in [1.29, 1.82) is 0 Å². The lowest BCUT2D eigenvalue weighted by Crippen LogP contribution is -2.24. The Balaban J connectivity index is 1.85. The van der Waals surface area contributed by atoms with Crippen LogP contribution in [0.15, 0.2) is 36.7 Å². The molecule has 0 fully saturated rings.